The Kier molecular flexibility index (Phi) is 6.42. The molecule has 2 rings (SSSR count). The van der Waals surface area contributed by atoms with Crippen LogP contribution in [0.3, 0.4) is 0 Å². The maximum absolute atomic E-state index is 12.6. The fraction of sp³-hybridized carbons (Fsp3) is 0.312. The Morgan fingerprint density at radius 1 is 1.50 bits per heavy atom. The number of amides is 1. The zero-order valence-electron chi connectivity index (χ0n) is 13.4. The smallest absolute Gasteiger partial charge is 0.328 e. The molecule has 1 saturated heterocycles. The van der Waals surface area contributed by atoms with E-state index in [1.54, 1.807) is 13.0 Å². The minimum absolute atomic E-state index is 0.315. The van der Waals surface area contributed by atoms with Crippen LogP contribution in [0, 0.1) is 0 Å². The summed E-state index contributed by atoms with van der Waals surface area (Å²) in [5.74, 6) is -0.151. The van der Waals surface area contributed by atoms with Gasteiger partial charge >= 0.3 is 5.97 Å². The van der Waals surface area contributed by atoms with Crippen LogP contribution in [-0.2, 0) is 14.3 Å². The molecule has 0 saturated carbocycles. The van der Waals surface area contributed by atoms with E-state index in [-0.39, 0.29) is 5.91 Å². The molecule has 1 aromatic rings. The number of carbonyl (C=O) groups is 2. The van der Waals surface area contributed by atoms with Crippen LogP contribution in [0.15, 0.2) is 27.6 Å². The summed E-state index contributed by atoms with van der Waals surface area (Å²) >= 11 is 9.81. The lowest BCUT2D eigenvalue weighted by atomic mass is 10.1. The maximum atomic E-state index is 12.6. The third kappa shape index (κ3) is 3.99. The van der Waals surface area contributed by atoms with E-state index in [9.17, 15) is 9.59 Å². The standard InChI is InChI=1S/C16H16BrNO4S2/c1-4-22-12-6-5-11(17)7-10(12)8-13-14(19)18(16(23)24-13)9(2)15(20)21-3/h5-9H,4H2,1-3H3/b13-8-. The summed E-state index contributed by atoms with van der Waals surface area (Å²) in [5.41, 5.74) is 0.762. The molecular weight excluding hydrogens is 414 g/mol. The maximum Gasteiger partial charge on any atom is 0.328 e. The molecule has 24 heavy (non-hydrogen) atoms. The SMILES string of the molecule is CCOc1ccc(Br)cc1/C=C1\SC(=S)N(C(C)C(=O)OC)C1=O. The van der Waals surface area contributed by atoms with Gasteiger partial charge < -0.3 is 9.47 Å². The highest BCUT2D eigenvalue weighted by atomic mass is 79.9. The first-order chi connectivity index (χ1) is 11.4. The van der Waals surface area contributed by atoms with Gasteiger partial charge in [-0.15, -0.1) is 0 Å². The highest BCUT2D eigenvalue weighted by Gasteiger charge is 2.38. The number of nitrogens with zero attached hydrogens (tertiary/aromatic N) is 1. The number of rotatable bonds is 5. The van der Waals surface area contributed by atoms with Gasteiger partial charge in [0.15, 0.2) is 0 Å². The second-order valence-electron chi connectivity index (χ2n) is 4.87. The Morgan fingerprint density at radius 3 is 2.83 bits per heavy atom. The molecule has 0 aromatic heterocycles. The number of esters is 1. The van der Waals surface area contributed by atoms with Crippen molar-refractivity contribution in [2.75, 3.05) is 13.7 Å². The van der Waals surface area contributed by atoms with Gasteiger partial charge in [-0.3, -0.25) is 9.69 Å². The Morgan fingerprint density at radius 2 is 2.21 bits per heavy atom. The molecule has 1 heterocycles. The minimum atomic E-state index is -0.762. The molecule has 0 N–H and O–H groups in total. The van der Waals surface area contributed by atoms with E-state index in [4.69, 9.17) is 21.7 Å². The zero-order valence-corrected chi connectivity index (χ0v) is 16.6. The molecule has 0 radical (unpaired) electrons. The second kappa shape index (κ2) is 8.13. The predicted molar refractivity (Wildman–Crippen MR) is 102 cm³/mol. The van der Waals surface area contributed by atoms with E-state index < -0.39 is 12.0 Å². The van der Waals surface area contributed by atoms with Crippen molar-refractivity contribution in [1.29, 1.82) is 0 Å². The minimum Gasteiger partial charge on any atom is -0.493 e. The van der Waals surface area contributed by atoms with Crippen LogP contribution in [0.1, 0.15) is 19.4 Å². The lowest BCUT2D eigenvalue weighted by molar-refractivity contribution is -0.147. The third-order valence-corrected chi connectivity index (χ3v) is 5.14. The van der Waals surface area contributed by atoms with Crippen LogP contribution < -0.4 is 4.74 Å². The van der Waals surface area contributed by atoms with E-state index in [0.29, 0.717) is 21.6 Å². The molecule has 1 amide bonds. The van der Waals surface area contributed by atoms with E-state index in [0.717, 1.165) is 21.8 Å². The van der Waals surface area contributed by atoms with Crippen molar-refractivity contribution in [3.8, 4) is 5.75 Å². The number of thioether (sulfide) groups is 1. The van der Waals surface area contributed by atoms with Crippen LogP contribution in [0.2, 0.25) is 0 Å². The van der Waals surface area contributed by atoms with Crippen LogP contribution in [-0.4, -0.2) is 40.9 Å². The number of benzene rings is 1. The lowest BCUT2D eigenvalue weighted by Crippen LogP contribution is -2.42. The van der Waals surface area contributed by atoms with Crippen molar-refractivity contribution in [2.45, 2.75) is 19.9 Å². The number of carbonyl (C=O) groups excluding carboxylic acids is 2. The normalized spacial score (nSPS) is 17.3. The van der Waals surface area contributed by atoms with Gasteiger partial charge in [-0.2, -0.15) is 0 Å². The van der Waals surface area contributed by atoms with Crippen molar-refractivity contribution in [3.63, 3.8) is 0 Å². The molecule has 1 aromatic carbocycles. The van der Waals surface area contributed by atoms with Gasteiger partial charge in [-0.1, -0.05) is 39.9 Å². The van der Waals surface area contributed by atoms with Crippen LogP contribution >= 0.6 is 39.9 Å². The van der Waals surface area contributed by atoms with Crippen molar-refractivity contribution >= 4 is 62.2 Å². The summed E-state index contributed by atoms with van der Waals surface area (Å²) in [6.45, 7) is 4.00. The number of ether oxygens (including phenoxy) is 2. The van der Waals surface area contributed by atoms with Gasteiger partial charge in [0.25, 0.3) is 5.91 Å². The first kappa shape index (κ1) is 19.0. The molecule has 1 aliphatic heterocycles. The van der Waals surface area contributed by atoms with Gasteiger partial charge in [0.2, 0.25) is 0 Å². The van der Waals surface area contributed by atoms with E-state index in [1.807, 2.05) is 25.1 Å². The van der Waals surface area contributed by atoms with Crippen molar-refractivity contribution in [1.82, 2.24) is 4.90 Å². The van der Waals surface area contributed by atoms with Gasteiger partial charge in [0.1, 0.15) is 16.1 Å². The first-order valence-corrected chi connectivity index (χ1v) is 9.18. The molecule has 1 unspecified atom stereocenters. The number of halogens is 1. The van der Waals surface area contributed by atoms with Gasteiger partial charge in [0, 0.05) is 10.0 Å². The van der Waals surface area contributed by atoms with Crippen LogP contribution in [0.5, 0.6) is 5.75 Å². The summed E-state index contributed by atoms with van der Waals surface area (Å²) in [7, 11) is 1.28. The second-order valence-corrected chi connectivity index (χ2v) is 7.46. The Balaban J connectivity index is 2.35. The molecular formula is C16H16BrNO4S2. The van der Waals surface area contributed by atoms with Crippen molar-refractivity contribution in [3.05, 3.63) is 33.1 Å². The number of hydrogen-bond donors (Lipinski definition) is 0. The molecule has 0 spiro atoms. The largest absolute Gasteiger partial charge is 0.493 e. The van der Waals surface area contributed by atoms with E-state index in [1.165, 1.54) is 12.0 Å². The zero-order chi connectivity index (χ0) is 17.9. The molecule has 0 aliphatic carbocycles. The molecule has 5 nitrogen and oxygen atoms in total. The molecule has 1 aliphatic rings. The quantitative estimate of drug-likeness (QED) is 0.404. The third-order valence-electron chi connectivity index (χ3n) is 3.31. The van der Waals surface area contributed by atoms with Gasteiger partial charge in [-0.25, -0.2) is 4.79 Å². The number of hydrogen-bond acceptors (Lipinski definition) is 6. The number of thiocarbonyl (C=S) groups is 1. The Labute approximate surface area is 158 Å². The Bertz CT molecular complexity index is 720. The van der Waals surface area contributed by atoms with Gasteiger partial charge in [-0.05, 0) is 38.1 Å². The fourth-order valence-corrected chi connectivity index (χ4v) is 3.94. The van der Waals surface area contributed by atoms with Crippen LogP contribution in [0.4, 0.5) is 0 Å². The molecule has 128 valence electrons. The first-order valence-electron chi connectivity index (χ1n) is 7.16. The van der Waals surface area contributed by atoms with Crippen molar-refractivity contribution in [2.24, 2.45) is 0 Å². The topological polar surface area (TPSA) is 55.8 Å². The molecule has 1 atom stereocenters. The average Bonchev–Trinajstić information content (AvgIpc) is 2.82. The Hall–Kier alpha value is -1.38. The average molecular weight is 430 g/mol. The highest BCUT2D eigenvalue weighted by Crippen LogP contribution is 2.36. The summed E-state index contributed by atoms with van der Waals surface area (Å²) in [6.07, 6.45) is 1.72. The molecule has 8 heteroatoms. The summed E-state index contributed by atoms with van der Waals surface area (Å²) < 4.78 is 11.5. The van der Waals surface area contributed by atoms with Crippen LogP contribution in [0.25, 0.3) is 6.08 Å². The summed E-state index contributed by atoms with van der Waals surface area (Å²) in [5, 5.41) is 0. The summed E-state index contributed by atoms with van der Waals surface area (Å²) in [4.78, 5) is 26.0. The van der Waals surface area contributed by atoms with E-state index >= 15 is 0 Å². The number of methoxy groups -OCH3 is 1. The summed E-state index contributed by atoms with van der Waals surface area (Å²) in [6, 6.07) is 4.80. The van der Waals surface area contributed by atoms with E-state index in [2.05, 4.69) is 15.9 Å². The highest BCUT2D eigenvalue weighted by molar-refractivity contribution is 9.10. The lowest BCUT2D eigenvalue weighted by Gasteiger charge is -2.20. The van der Waals surface area contributed by atoms with Crippen molar-refractivity contribution < 1.29 is 19.1 Å². The molecule has 1 fully saturated rings. The molecule has 0 bridgehead atoms. The predicted octanol–water partition coefficient (Wildman–Crippen LogP) is 3.61. The monoisotopic (exact) mass is 429 g/mol. The fourth-order valence-electron chi connectivity index (χ4n) is 2.15. The van der Waals surface area contributed by atoms with Gasteiger partial charge in [0.05, 0.1) is 18.6 Å².